The quantitative estimate of drug-likeness (QED) is 0.375. The van der Waals surface area contributed by atoms with E-state index in [1.54, 1.807) is 0 Å². The van der Waals surface area contributed by atoms with Crippen LogP contribution in [0.5, 0.6) is 0 Å². The number of hydrogen-bond acceptors (Lipinski definition) is 5. The van der Waals surface area contributed by atoms with E-state index in [1.165, 1.54) is 5.82 Å². The van der Waals surface area contributed by atoms with E-state index in [-0.39, 0.29) is 0 Å². The van der Waals surface area contributed by atoms with Gasteiger partial charge in [-0.1, -0.05) is 23.7 Å². The molecule has 0 saturated heterocycles. The van der Waals surface area contributed by atoms with Gasteiger partial charge in [0.15, 0.2) is 0 Å². The molecule has 3 rings (SSSR count). The van der Waals surface area contributed by atoms with Crippen LogP contribution in [0.1, 0.15) is 11.4 Å². The number of hydrogen-bond donors (Lipinski definition) is 0. The smallest absolute Gasteiger partial charge is 0.235 e. The fourth-order valence-corrected chi connectivity index (χ4v) is 3.20. The molecule has 0 unspecified atom stereocenters. The van der Waals surface area contributed by atoms with Crippen molar-refractivity contribution in [3.05, 3.63) is 40.7 Å². The van der Waals surface area contributed by atoms with Crippen LogP contribution in [0.2, 0.25) is 5.02 Å². The van der Waals surface area contributed by atoms with Crippen molar-refractivity contribution in [2.24, 2.45) is 0 Å². The van der Waals surface area contributed by atoms with Gasteiger partial charge >= 0.3 is 0 Å². The van der Waals surface area contributed by atoms with Crippen molar-refractivity contribution >= 4 is 44.2 Å². The molecule has 0 fully saturated rings. The number of aryl methyl sites for hydroxylation is 2. The van der Waals surface area contributed by atoms with Gasteiger partial charge in [0.05, 0.1) is 28.3 Å². The first kappa shape index (κ1) is 20.6. The Hall–Kier alpha value is -1.71. The average molecular weight is 400 g/mol. The molecular formula is C17H22ClN3O4S. The second-order valence-corrected chi connectivity index (χ2v) is 8.31. The van der Waals surface area contributed by atoms with E-state index in [0.29, 0.717) is 0 Å². The maximum absolute atomic E-state index is 9.22. The molecule has 2 heterocycles. The summed E-state index contributed by atoms with van der Waals surface area (Å²) in [7, 11) is 2.89. The largest absolute Gasteiger partial charge is 0.726 e. The van der Waals surface area contributed by atoms with Crippen LogP contribution in [0.15, 0.2) is 24.3 Å². The van der Waals surface area contributed by atoms with Gasteiger partial charge in [-0.3, -0.25) is 13.1 Å². The third kappa shape index (κ3) is 4.16. The van der Waals surface area contributed by atoms with E-state index < -0.39 is 10.4 Å². The van der Waals surface area contributed by atoms with Gasteiger partial charge in [0.25, 0.3) is 0 Å². The molecule has 0 saturated carbocycles. The number of aromatic nitrogens is 2. The maximum Gasteiger partial charge on any atom is 0.235 e. The molecule has 0 radical (unpaired) electrons. The van der Waals surface area contributed by atoms with Crippen LogP contribution in [0.25, 0.3) is 16.4 Å². The van der Waals surface area contributed by atoms with Crippen LogP contribution in [-0.4, -0.2) is 50.6 Å². The van der Waals surface area contributed by atoms with Crippen LogP contribution in [0, 0.1) is 13.8 Å². The number of benzene rings is 1. The zero-order valence-corrected chi connectivity index (χ0v) is 17.1. The highest BCUT2D eigenvalue weighted by Crippen LogP contribution is 2.33. The van der Waals surface area contributed by atoms with Gasteiger partial charge in [-0.2, -0.15) is 0 Å². The maximum atomic E-state index is 9.22. The second-order valence-electron chi connectivity index (χ2n) is 6.75. The Morgan fingerprint density at radius 3 is 2.27 bits per heavy atom. The van der Waals surface area contributed by atoms with Crippen molar-refractivity contribution < 1.29 is 17.2 Å². The van der Waals surface area contributed by atoms with Crippen LogP contribution in [0.3, 0.4) is 0 Å². The number of quaternary nitrogens is 1. The molecule has 9 heteroatoms. The Labute approximate surface area is 158 Å². The molecule has 0 aliphatic heterocycles. The van der Waals surface area contributed by atoms with Gasteiger partial charge in [0, 0.05) is 21.5 Å². The second kappa shape index (κ2) is 7.13. The Balaban J connectivity index is 0.000000352. The SMILES string of the molecule is COS(=O)(=O)[O-].Cc1nc2c3cccc(Cl)c3cc(C)n2c1[N+](C)(C)C. The van der Waals surface area contributed by atoms with Crippen molar-refractivity contribution in [3.63, 3.8) is 0 Å². The molecule has 0 spiro atoms. The van der Waals surface area contributed by atoms with E-state index >= 15 is 0 Å². The van der Waals surface area contributed by atoms with Crippen molar-refractivity contribution in [1.82, 2.24) is 13.9 Å². The van der Waals surface area contributed by atoms with Gasteiger partial charge in [-0.05, 0) is 26.0 Å². The Bertz CT molecular complexity index is 1070. The number of fused-ring (bicyclic) bond motifs is 3. The summed E-state index contributed by atoms with van der Waals surface area (Å²) in [5.74, 6) is 1.21. The predicted molar refractivity (Wildman–Crippen MR) is 103 cm³/mol. The zero-order valence-electron chi connectivity index (χ0n) is 15.6. The Morgan fingerprint density at radius 2 is 1.77 bits per heavy atom. The fraction of sp³-hybridized carbons (Fsp3) is 0.353. The van der Waals surface area contributed by atoms with E-state index in [0.717, 1.165) is 44.4 Å². The topological polar surface area (TPSA) is 83.7 Å². The summed E-state index contributed by atoms with van der Waals surface area (Å²) < 4.78 is 34.0. The summed E-state index contributed by atoms with van der Waals surface area (Å²) in [4.78, 5) is 4.80. The number of halogens is 1. The summed E-state index contributed by atoms with van der Waals surface area (Å²) in [5, 5.41) is 2.95. The lowest BCUT2D eigenvalue weighted by molar-refractivity contribution is 0.314. The summed E-state index contributed by atoms with van der Waals surface area (Å²) in [6, 6.07) is 8.14. The van der Waals surface area contributed by atoms with Gasteiger partial charge < -0.3 is 4.55 Å². The first-order valence-electron chi connectivity index (χ1n) is 7.77. The lowest BCUT2D eigenvalue weighted by atomic mass is 10.1. The van der Waals surface area contributed by atoms with Gasteiger partial charge in [-0.15, -0.1) is 0 Å². The molecule has 1 aromatic carbocycles. The van der Waals surface area contributed by atoms with Crippen molar-refractivity contribution in [3.8, 4) is 0 Å². The van der Waals surface area contributed by atoms with Crippen molar-refractivity contribution in [1.29, 1.82) is 0 Å². The molecule has 2 aromatic heterocycles. The monoisotopic (exact) mass is 399 g/mol. The number of pyridine rings is 1. The standard InChI is InChI=1S/C16H19ClN3.CH4O4S/c1-10-9-13-12(7-6-8-14(13)17)15-18-11(2)16(19(10)15)20(3,4)5;1-5-6(2,3)4/h6-9H,1-5H3;1H3,(H,2,3,4)/q+1;/p-1. The zero-order chi connectivity index (χ0) is 19.9. The lowest BCUT2D eigenvalue weighted by Crippen LogP contribution is -2.36. The highest BCUT2D eigenvalue weighted by molar-refractivity contribution is 7.80. The van der Waals surface area contributed by atoms with Crippen LogP contribution >= 0.6 is 11.6 Å². The predicted octanol–water partition coefficient (Wildman–Crippen LogP) is 3.05. The van der Waals surface area contributed by atoms with Gasteiger partial charge in [0.2, 0.25) is 16.2 Å². The van der Waals surface area contributed by atoms with Crippen LogP contribution in [-0.2, 0) is 14.6 Å². The number of imidazole rings is 1. The average Bonchev–Trinajstić information content (AvgIpc) is 2.87. The minimum absolute atomic E-state index is 0.736. The number of rotatable bonds is 2. The Morgan fingerprint density at radius 1 is 1.19 bits per heavy atom. The third-order valence-corrected chi connectivity index (χ3v) is 4.60. The molecule has 0 aliphatic carbocycles. The first-order valence-corrected chi connectivity index (χ1v) is 9.48. The van der Waals surface area contributed by atoms with Gasteiger partial charge in [0.1, 0.15) is 11.3 Å². The Kier molecular flexibility index (Phi) is 5.65. The molecule has 0 N–H and O–H groups in total. The van der Waals surface area contributed by atoms with E-state index in [9.17, 15) is 13.0 Å². The molecule has 142 valence electrons. The van der Waals surface area contributed by atoms with Crippen LogP contribution < -0.4 is 4.48 Å². The van der Waals surface area contributed by atoms with E-state index in [1.807, 2.05) is 12.1 Å². The lowest BCUT2D eigenvalue weighted by Gasteiger charge is -2.24. The van der Waals surface area contributed by atoms with Crippen molar-refractivity contribution in [2.75, 3.05) is 28.3 Å². The molecule has 0 atom stereocenters. The molecule has 0 bridgehead atoms. The van der Waals surface area contributed by atoms with E-state index in [4.69, 9.17) is 16.6 Å². The summed E-state index contributed by atoms with van der Waals surface area (Å²) in [6.45, 7) is 4.18. The fourth-order valence-electron chi connectivity index (χ4n) is 2.97. The molecular weight excluding hydrogens is 378 g/mol. The number of nitrogens with zero attached hydrogens (tertiary/aromatic N) is 3. The molecule has 0 aliphatic rings. The van der Waals surface area contributed by atoms with Gasteiger partial charge in [-0.25, -0.2) is 13.4 Å². The molecule has 3 aromatic rings. The van der Waals surface area contributed by atoms with Crippen LogP contribution in [0.4, 0.5) is 5.82 Å². The van der Waals surface area contributed by atoms with E-state index in [2.05, 4.69) is 55.7 Å². The molecule has 7 nitrogen and oxygen atoms in total. The molecule has 26 heavy (non-hydrogen) atoms. The first-order chi connectivity index (χ1) is 11.9. The summed E-state index contributed by atoms with van der Waals surface area (Å²) in [5.41, 5.74) is 3.21. The highest BCUT2D eigenvalue weighted by Gasteiger charge is 2.24. The van der Waals surface area contributed by atoms with Crippen molar-refractivity contribution in [2.45, 2.75) is 13.8 Å². The minimum Gasteiger partial charge on any atom is -0.726 e. The summed E-state index contributed by atoms with van der Waals surface area (Å²) in [6.07, 6.45) is 0. The minimum atomic E-state index is -4.41. The highest BCUT2D eigenvalue weighted by atomic mass is 35.5. The molecule has 0 amide bonds. The normalized spacial score (nSPS) is 12.3. The third-order valence-electron chi connectivity index (χ3n) is 3.86. The summed E-state index contributed by atoms with van der Waals surface area (Å²) >= 11 is 6.32.